The summed E-state index contributed by atoms with van der Waals surface area (Å²) in [4.78, 5) is 68.4. The predicted molar refractivity (Wildman–Crippen MR) is 242 cm³/mol. The van der Waals surface area contributed by atoms with Crippen molar-refractivity contribution in [1.82, 2.24) is 19.1 Å². The fourth-order valence-electron chi connectivity index (χ4n) is 8.21. The molecule has 1 unspecified atom stereocenters. The second-order valence-corrected chi connectivity index (χ2v) is 16.9. The molecular formula is C48H48N4O14P+. The molecule has 0 aliphatic carbocycles. The molecule has 6 aromatic rings. The van der Waals surface area contributed by atoms with Gasteiger partial charge in [0.25, 0.3) is 11.1 Å². The molecular weight excluding hydrogens is 888 g/mol. The second kappa shape index (κ2) is 20.4. The molecule has 0 amide bonds. The quantitative estimate of drug-likeness (QED) is 0.0648. The third-order valence-corrected chi connectivity index (χ3v) is 12.5. The largest absolute Gasteiger partial charge is 0.697 e. The van der Waals surface area contributed by atoms with Gasteiger partial charge in [-0.05, 0) is 66.9 Å². The Balaban J connectivity index is 1.08. The summed E-state index contributed by atoms with van der Waals surface area (Å²) >= 11 is 0. The van der Waals surface area contributed by atoms with E-state index in [2.05, 4.69) is 9.97 Å². The van der Waals surface area contributed by atoms with Crippen molar-refractivity contribution in [2.24, 2.45) is 0 Å². The zero-order valence-corrected chi connectivity index (χ0v) is 37.8. The van der Waals surface area contributed by atoms with Crippen LogP contribution >= 0.6 is 8.25 Å². The first-order valence-electron chi connectivity index (χ1n) is 21.3. The molecule has 18 nitrogen and oxygen atoms in total. The molecule has 2 aliphatic rings. The molecule has 7 atom stereocenters. The summed E-state index contributed by atoms with van der Waals surface area (Å²) in [5.74, 6) is 0.591. The first-order chi connectivity index (χ1) is 32.4. The molecule has 19 heteroatoms. The molecule has 2 N–H and O–H groups in total. The highest BCUT2D eigenvalue weighted by molar-refractivity contribution is 7.33. The van der Waals surface area contributed by atoms with Gasteiger partial charge < -0.3 is 28.4 Å². The number of aromatic amines is 2. The molecule has 2 fully saturated rings. The molecule has 0 radical (unpaired) electrons. The third kappa shape index (κ3) is 10.1. The van der Waals surface area contributed by atoms with Crippen LogP contribution in [-0.2, 0) is 38.2 Å². The van der Waals surface area contributed by atoms with Gasteiger partial charge in [0, 0.05) is 40.9 Å². The van der Waals surface area contributed by atoms with Gasteiger partial charge in [-0.1, -0.05) is 72.8 Å². The van der Waals surface area contributed by atoms with Crippen LogP contribution in [-0.4, -0.2) is 76.9 Å². The van der Waals surface area contributed by atoms with Crippen LogP contribution in [0.25, 0.3) is 0 Å². The highest BCUT2D eigenvalue weighted by Gasteiger charge is 2.48. The monoisotopic (exact) mass is 935 g/mol. The number of ether oxygens (including phenoxy) is 6. The number of carbonyl (C=O) groups is 1. The van der Waals surface area contributed by atoms with Crippen molar-refractivity contribution < 1.29 is 46.8 Å². The van der Waals surface area contributed by atoms with E-state index in [9.17, 15) is 28.5 Å². The molecule has 4 heterocycles. The molecule has 2 aromatic heterocycles. The topological polar surface area (TPSA) is 218 Å². The molecule has 8 rings (SSSR count). The van der Waals surface area contributed by atoms with E-state index in [1.807, 2.05) is 78.9 Å². The number of esters is 1. The summed E-state index contributed by atoms with van der Waals surface area (Å²) in [5, 5.41) is 0. The van der Waals surface area contributed by atoms with Gasteiger partial charge >= 0.3 is 25.6 Å². The lowest BCUT2D eigenvalue weighted by molar-refractivity contribution is -0.0927. The maximum Gasteiger partial charge on any atom is 0.697 e. The first kappa shape index (κ1) is 46.7. The number of hydrogen-bond acceptors (Lipinski definition) is 14. The Morgan fingerprint density at radius 1 is 0.657 bits per heavy atom. The maximum absolute atomic E-state index is 13.9. The summed E-state index contributed by atoms with van der Waals surface area (Å²) in [6, 6.07) is 32.7. The predicted octanol–water partition coefficient (Wildman–Crippen LogP) is 5.59. The van der Waals surface area contributed by atoms with Crippen molar-refractivity contribution in [3.63, 3.8) is 0 Å². The number of aryl methyl sites for hydroxylation is 2. The van der Waals surface area contributed by atoms with Crippen molar-refractivity contribution in [1.29, 1.82) is 0 Å². The van der Waals surface area contributed by atoms with E-state index in [-0.39, 0.29) is 36.1 Å². The van der Waals surface area contributed by atoms with Gasteiger partial charge in [-0.2, -0.15) is 0 Å². The van der Waals surface area contributed by atoms with Crippen molar-refractivity contribution >= 4 is 14.2 Å². The number of H-pyrrole nitrogens is 2. The van der Waals surface area contributed by atoms with Gasteiger partial charge in [-0.15, -0.1) is 9.05 Å². The molecule has 0 saturated carbocycles. The summed E-state index contributed by atoms with van der Waals surface area (Å²) in [5.41, 5.74) is -0.859. The van der Waals surface area contributed by atoms with Crippen molar-refractivity contribution in [3.8, 4) is 11.5 Å². The minimum Gasteiger partial charge on any atom is -0.497 e. The van der Waals surface area contributed by atoms with Crippen LogP contribution in [0.3, 0.4) is 0 Å². The van der Waals surface area contributed by atoms with E-state index in [0.717, 1.165) is 16.7 Å². The minimum absolute atomic E-state index is 0.00786. The molecule has 4 aromatic carbocycles. The maximum atomic E-state index is 13.9. The van der Waals surface area contributed by atoms with Crippen molar-refractivity contribution in [3.05, 3.63) is 197 Å². The van der Waals surface area contributed by atoms with E-state index in [1.165, 1.54) is 28.5 Å². The Hall–Kier alpha value is -6.79. The van der Waals surface area contributed by atoms with E-state index >= 15 is 0 Å². The van der Waals surface area contributed by atoms with Crippen LogP contribution in [0.2, 0.25) is 0 Å². The first-order valence-corrected chi connectivity index (χ1v) is 22.4. The Bertz CT molecular complexity index is 2890. The lowest BCUT2D eigenvalue weighted by Crippen LogP contribution is -2.38. The SMILES string of the molecule is COc1ccc(C(OC[C@H]2O[C@@H](n3cc(C)c(=O)[nH]c3=O)C[C@@H]2O[P+](=O)OC[C@H]2O[C@@H](n3cc(C)c(=O)[nH]c3=O)C[C@@H]2OC(=O)c2ccccc2)(c2ccccc2)c2ccc(OC)cc2)cc1. The van der Waals surface area contributed by atoms with Gasteiger partial charge in [0.15, 0.2) is 0 Å². The average molecular weight is 936 g/mol. The smallest absolute Gasteiger partial charge is 0.497 e. The molecule has 2 aliphatic heterocycles. The Morgan fingerprint density at radius 3 is 1.63 bits per heavy atom. The number of benzene rings is 4. The zero-order chi connectivity index (χ0) is 47.2. The summed E-state index contributed by atoms with van der Waals surface area (Å²) in [6.45, 7) is 2.48. The van der Waals surface area contributed by atoms with Gasteiger partial charge in [-0.3, -0.25) is 28.7 Å². The van der Waals surface area contributed by atoms with Crippen LogP contribution < -0.4 is 32.0 Å². The number of carbonyl (C=O) groups excluding carboxylic acids is 1. The summed E-state index contributed by atoms with van der Waals surface area (Å²) < 4.78 is 64.9. The number of nitrogens with one attached hydrogen (secondary N) is 2. The standard InChI is InChI=1S/C48H47N4O14P/c1-29-25-51(46(56)49-43(29)53)41-23-37(65-45(55)31-11-7-5-8-12-31)40(64-41)28-62-67(58)66-38-24-42(52-26-30(2)44(54)50-47(52)57)63-39(38)27-61-48(32-13-9-6-10-14-32,33-15-19-35(59-3)20-16-33)34-17-21-36(60-4)22-18-34/h5-22,25-26,37-42H,23-24,27-28H2,1-4H3,(H-,49,50,53,54,56,57)/p+1/t37-,38-,39+,40+,41+,42+/m0/s1. The van der Waals surface area contributed by atoms with E-state index in [0.29, 0.717) is 11.5 Å². The van der Waals surface area contributed by atoms with E-state index < -0.39 is 85.8 Å². The highest BCUT2D eigenvalue weighted by Crippen LogP contribution is 2.44. The molecule has 67 heavy (non-hydrogen) atoms. The lowest BCUT2D eigenvalue weighted by atomic mass is 9.80. The van der Waals surface area contributed by atoms with Crippen LogP contribution in [0.15, 0.2) is 141 Å². The molecule has 0 bridgehead atoms. The van der Waals surface area contributed by atoms with E-state index in [1.54, 1.807) is 51.5 Å². The van der Waals surface area contributed by atoms with Crippen LogP contribution in [0.4, 0.5) is 0 Å². The highest BCUT2D eigenvalue weighted by atomic mass is 31.1. The fourth-order valence-corrected chi connectivity index (χ4v) is 8.99. The number of methoxy groups -OCH3 is 2. The molecule has 2 saturated heterocycles. The molecule has 0 spiro atoms. The second-order valence-electron chi connectivity index (χ2n) is 16.0. The lowest BCUT2D eigenvalue weighted by Gasteiger charge is -2.37. The van der Waals surface area contributed by atoms with Gasteiger partial charge in [0.05, 0.1) is 26.4 Å². The Kier molecular flexibility index (Phi) is 14.2. The van der Waals surface area contributed by atoms with Gasteiger partial charge in [0.1, 0.15) is 60.6 Å². The van der Waals surface area contributed by atoms with E-state index in [4.69, 9.17) is 37.5 Å². The number of nitrogens with zero attached hydrogens (tertiary/aromatic N) is 2. The third-order valence-electron chi connectivity index (χ3n) is 11.7. The Labute approximate surface area is 383 Å². The van der Waals surface area contributed by atoms with Crippen LogP contribution in [0.5, 0.6) is 11.5 Å². The average Bonchev–Trinajstić information content (AvgIpc) is 3.94. The minimum atomic E-state index is -2.99. The van der Waals surface area contributed by atoms with Crippen LogP contribution in [0, 0.1) is 13.8 Å². The summed E-state index contributed by atoms with van der Waals surface area (Å²) in [6.07, 6.45) is -3.36. The number of aromatic nitrogens is 4. The summed E-state index contributed by atoms with van der Waals surface area (Å²) in [7, 11) is 0.165. The fraction of sp³-hybridized carbons (Fsp3) is 0.312. The molecule has 348 valence electrons. The zero-order valence-electron chi connectivity index (χ0n) is 36.9. The van der Waals surface area contributed by atoms with Crippen molar-refractivity contribution in [2.75, 3.05) is 27.4 Å². The van der Waals surface area contributed by atoms with Crippen LogP contribution in [0.1, 0.15) is 63.5 Å². The van der Waals surface area contributed by atoms with Crippen molar-refractivity contribution in [2.45, 2.75) is 69.2 Å². The van der Waals surface area contributed by atoms with Gasteiger partial charge in [0.2, 0.25) is 0 Å². The normalized spacial score (nSPS) is 20.6. The number of hydrogen-bond donors (Lipinski definition) is 2. The van der Waals surface area contributed by atoms with Gasteiger partial charge in [-0.25, -0.2) is 14.4 Å². The Morgan fingerprint density at radius 2 is 1.12 bits per heavy atom. The number of rotatable bonds is 17.